The highest BCUT2D eigenvalue weighted by Gasteiger charge is 2.18. The first kappa shape index (κ1) is 23.4. The summed E-state index contributed by atoms with van der Waals surface area (Å²) < 4.78 is 11.0. The minimum atomic E-state index is 0. The monoisotopic (exact) mass is 483 g/mol. The van der Waals surface area contributed by atoms with Crippen molar-refractivity contribution in [1.82, 2.24) is 20.4 Å². The van der Waals surface area contributed by atoms with Gasteiger partial charge in [-0.3, -0.25) is 14.7 Å². The van der Waals surface area contributed by atoms with E-state index in [0.29, 0.717) is 0 Å². The van der Waals surface area contributed by atoms with Crippen LogP contribution >= 0.6 is 24.0 Å². The molecule has 0 aromatic rings. The standard InChI is InChI=1S/C17H33N5O3.HI/c1-15(23)22-10-8-21(9-11-22)7-6-20-17(18-2)19-5-3-12-25-16-4-13-24-14-16;/h16H,3-14H2,1-2H3,(H2,18,19,20);1H. The van der Waals surface area contributed by atoms with Gasteiger partial charge in [-0.15, -0.1) is 24.0 Å². The van der Waals surface area contributed by atoms with Crippen molar-refractivity contribution >= 4 is 35.8 Å². The van der Waals surface area contributed by atoms with Crippen molar-refractivity contribution < 1.29 is 14.3 Å². The molecule has 26 heavy (non-hydrogen) atoms. The van der Waals surface area contributed by atoms with Gasteiger partial charge in [0.1, 0.15) is 0 Å². The van der Waals surface area contributed by atoms with Gasteiger partial charge in [-0.25, -0.2) is 0 Å². The maximum absolute atomic E-state index is 11.3. The number of hydrogen-bond acceptors (Lipinski definition) is 5. The summed E-state index contributed by atoms with van der Waals surface area (Å²) >= 11 is 0. The van der Waals surface area contributed by atoms with Gasteiger partial charge in [0.05, 0.1) is 12.7 Å². The Hall–Kier alpha value is -0.650. The maximum atomic E-state index is 11.3. The highest BCUT2D eigenvalue weighted by Crippen LogP contribution is 2.07. The Bertz CT molecular complexity index is 425. The van der Waals surface area contributed by atoms with Crippen LogP contribution in [-0.4, -0.2) is 100 Å². The number of piperazine rings is 1. The molecule has 0 aromatic heterocycles. The minimum Gasteiger partial charge on any atom is -0.379 e. The summed E-state index contributed by atoms with van der Waals surface area (Å²) in [7, 11) is 1.79. The van der Waals surface area contributed by atoms with Crippen LogP contribution in [0.3, 0.4) is 0 Å². The fourth-order valence-electron chi connectivity index (χ4n) is 3.01. The lowest BCUT2D eigenvalue weighted by molar-refractivity contribution is -0.130. The molecule has 0 radical (unpaired) electrons. The number of ether oxygens (including phenoxy) is 2. The number of nitrogens with zero attached hydrogens (tertiary/aromatic N) is 3. The smallest absolute Gasteiger partial charge is 0.219 e. The highest BCUT2D eigenvalue weighted by molar-refractivity contribution is 14.0. The molecule has 2 rings (SSSR count). The summed E-state index contributed by atoms with van der Waals surface area (Å²) in [4.78, 5) is 19.8. The van der Waals surface area contributed by atoms with Crippen molar-refractivity contribution in [2.75, 3.05) is 72.7 Å². The molecule has 2 aliphatic rings. The van der Waals surface area contributed by atoms with Crippen LogP contribution in [-0.2, 0) is 14.3 Å². The summed E-state index contributed by atoms with van der Waals surface area (Å²) in [6.07, 6.45) is 2.24. The van der Waals surface area contributed by atoms with Gasteiger partial charge in [-0.1, -0.05) is 0 Å². The normalized spacial score (nSPS) is 21.4. The van der Waals surface area contributed by atoms with E-state index < -0.39 is 0 Å². The molecular weight excluding hydrogens is 449 g/mol. The van der Waals surface area contributed by atoms with E-state index in [-0.39, 0.29) is 36.0 Å². The summed E-state index contributed by atoms with van der Waals surface area (Å²) in [5, 5.41) is 6.65. The molecule has 0 spiro atoms. The molecule has 2 heterocycles. The van der Waals surface area contributed by atoms with Crippen molar-refractivity contribution in [1.29, 1.82) is 0 Å². The molecule has 0 aromatic carbocycles. The second kappa shape index (κ2) is 13.5. The molecule has 0 aliphatic carbocycles. The fourth-order valence-corrected chi connectivity index (χ4v) is 3.01. The van der Waals surface area contributed by atoms with Crippen LogP contribution < -0.4 is 10.6 Å². The molecule has 2 fully saturated rings. The molecule has 1 unspecified atom stereocenters. The topological polar surface area (TPSA) is 78.4 Å². The van der Waals surface area contributed by atoms with Crippen LogP contribution in [0.25, 0.3) is 0 Å². The van der Waals surface area contributed by atoms with Gasteiger partial charge >= 0.3 is 0 Å². The zero-order valence-electron chi connectivity index (χ0n) is 16.0. The lowest BCUT2D eigenvalue weighted by atomic mass is 10.3. The lowest BCUT2D eigenvalue weighted by Gasteiger charge is -2.34. The first-order chi connectivity index (χ1) is 12.2. The van der Waals surface area contributed by atoms with E-state index in [2.05, 4.69) is 20.5 Å². The Balaban J connectivity index is 0.00000338. The average molecular weight is 483 g/mol. The first-order valence-corrected chi connectivity index (χ1v) is 9.31. The molecule has 0 saturated carbocycles. The van der Waals surface area contributed by atoms with Gasteiger partial charge in [0.15, 0.2) is 5.96 Å². The molecule has 0 bridgehead atoms. The van der Waals surface area contributed by atoms with Crippen LogP contribution in [0, 0.1) is 0 Å². The number of aliphatic imine (C=N–C) groups is 1. The third-order valence-electron chi connectivity index (χ3n) is 4.62. The largest absolute Gasteiger partial charge is 0.379 e. The first-order valence-electron chi connectivity index (χ1n) is 9.31. The molecular formula is C17H34IN5O3. The average Bonchev–Trinajstić information content (AvgIpc) is 3.13. The van der Waals surface area contributed by atoms with Crippen LogP contribution in [0.4, 0.5) is 0 Å². The molecule has 9 heteroatoms. The highest BCUT2D eigenvalue weighted by atomic mass is 127. The number of carbonyl (C=O) groups excluding carboxylic acids is 1. The van der Waals surface area contributed by atoms with E-state index in [1.165, 1.54) is 0 Å². The number of halogens is 1. The molecule has 152 valence electrons. The van der Waals surface area contributed by atoms with Gasteiger partial charge in [0.2, 0.25) is 5.91 Å². The van der Waals surface area contributed by atoms with E-state index in [1.54, 1.807) is 14.0 Å². The van der Waals surface area contributed by atoms with Gasteiger partial charge in [-0.05, 0) is 12.8 Å². The molecule has 1 atom stereocenters. The lowest BCUT2D eigenvalue weighted by Crippen LogP contribution is -2.50. The van der Waals surface area contributed by atoms with Gasteiger partial charge in [0, 0.05) is 73.0 Å². The van der Waals surface area contributed by atoms with Gasteiger partial charge in [-0.2, -0.15) is 0 Å². The Morgan fingerprint density at radius 1 is 1.23 bits per heavy atom. The van der Waals surface area contributed by atoms with E-state index in [4.69, 9.17) is 9.47 Å². The quantitative estimate of drug-likeness (QED) is 0.221. The number of nitrogens with one attached hydrogen (secondary N) is 2. The number of hydrogen-bond donors (Lipinski definition) is 2. The third kappa shape index (κ3) is 8.83. The van der Waals surface area contributed by atoms with Crippen molar-refractivity contribution in [2.24, 2.45) is 4.99 Å². The predicted molar refractivity (Wildman–Crippen MR) is 113 cm³/mol. The fraction of sp³-hybridized carbons (Fsp3) is 0.882. The number of carbonyl (C=O) groups is 1. The second-order valence-corrected chi connectivity index (χ2v) is 6.48. The summed E-state index contributed by atoms with van der Waals surface area (Å²) in [6.45, 7) is 10.1. The summed E-state index contributed by atoms with van der Waals surface area (Å²) in [5.41, 5.74) is 0. The minimum absolute atomic E-state index is 0. The van der Waals surface area contributed by atoms with Gasteiger partial charge < -0.3 is 25.0 Å². The van der Waals surface area contributed by atoms with E-state index in [0.717, 1.165) is 84.4 Å². The molecule has 2 saturated heterocycles. The zero-order chi connectivity index (χ0) is 17.9. The second-order valence-electron chi connectivity index (χ2n) is 6.48. The predicted octanol–water partition coefficient (Wildman–Crippen LogP) is 0.129. The molecule has 8 nitrogen and oxygen atoms in total. The Kier molecular flexibility index (Phi) is 12.2. The van der Waals surface area contributed by atoms with Crippen molar-refractivity contribution in [2.45, 2.75) is 25.9 Å². The molecule has 2 N–H and O–H groups in total. The van der Waals surface area contributed by atoms with Crippen LogP contribution in [0.1, 0.15) is 19.8 Å². The van der Waals surface area contributed by atoms with Crippen molar-refractivity contribution in [3.05, 3.63) is 0 Å². The third-order valence-corrected chi connectivity index (χ3v) is 4.62. The van der Waals surface area contributed by atoms with Crippen LogP contribution in [0.5, 0.6) is 0 Å². The van der Waals surface area contributed by atoms with E-state index in [9.17, 15) is 4.79 Å². The molecule has 1 amide bonds. The maximum Gasteiger partial charge on any atom is 0.219 e. The SMILES string of the molecule is CN=C(NCCCOC1CCOC1)NCCN1CCN(C(C)=O)CC1.I. The van der Waals surface area contributed by atoms with E-state index in [1.807, 2.05) is 4.90 Å². The number of rotatable bonds is 8. The Morgan fingerprint density at radius 2 is 1.96 bits per heavy atom. The Labute approximate surface area is 174 Å². The zero-order valence-corrected chi connectivity index (χ0v) is 18.4. The van der Waals surface area contributed by atoms with Gasteiger partial charge in [0.25, 0.3) is 0 Å². The van der Waals surface area contributed by atoms with Crippen molar-refractivity contribution in [3.63, 3.8) is 0 Å². The number of guanidine groups is 1. The molecule has 2 aliphatic heterocycles. The van der Waals surface area contributed by atoms with Crippen LogP contribution in [0.2, 0.25) is 0 Å². The summed E-state index contributed by atoms with van der Waals surface area (Å²) in [5.74, 6) is 0.999. The number of amides is 1. The van der Waals surface area contributed by atoms with E-state index >= 15 is 0 Å². The Morgan fingerprint density at radius 3 is 2.58 bits per heavy atom. The van der Waals surface area contributed by atoms with Crippen molar-refractivity contribution in [3.8, 4) is 0 Å². The van der Waals surface area contributed by atoms with Crippen LogP contribution in [0.15, 0.2) is 4.99 Å². The summed E-state index contributed by atoms with van der Waals surface area (Å²) in [6, 6.07) is 0.